The second-order valence-electron chi connectivity index (χ2n) is 7.41. The van der Waals surface area contributed by atoms with Crippen LogP contribution in [0.15, 0.2) is 43.0 Å². The van der Waals surface area contributed by atoms with Gasteiger partial charge in [0.2, 0.25) is 5.88 Å². The van der Waals surface area contributed by atoms with Crippen molar-refractivity contribution in [2.24, 2.45) is 0 Å². The Balaban J connectivity index is 1.50. The summed E-state index contributed by atoms with van der Waals surface area (Å²) in [5.41, 5.74) is 2.97. The predicted molar refractivity (Wildman–Crippen MR) is 114 cm³/mol. The minimum Gasteiger partial charge on any atom is -0.494 e. The molecule has 0 spiro atoms. The van der Waals surface area contributed by atoms with Gasteiger partial charge in [-0.05, 0) is 31.0 Å². The van der Waals surface area contributed by atoms with Crippen LogP contribution in [-0.4, -0.2) is 56.9 Å². The highest BCUT2D eigenvalue weighted by atomic mass is 16.5. The largest absolute Gasteiger partial charge is 0.494 e. The molecule has 1 saturated heterocycles. The van der Waals surface area contributed by atoms with E-state index in [1.807, 2.05) is 35.3 Å². The number of aromatic hydroxyl groups is 1. The SMILES string of the molecule is COc1cc(-c2ccc3c(O)n(-c4cnn(C5CCOCC5)c4)cc3n2)cnc1OC. The minimum atomic E-state index is 0.131. The topological polar surface area (TPSA) is 96.5 Å². The molecule has 1 aliphatic heterocycles. The number of aromatic nitrogens is 5. The van der Waals surface area contributed by atoms with Gasteiger partial charge in [0.15, 0.2) is 5.75 Å². The molecule has 0 radical (unpaired) electrons. The number of hydrogen-bond donors (Lipinski definition) is 1. The van der Waals surface area contributed by atoms with Gasteiger partial charge < -0.3 is 19.3 Å². The molecule has 0 atom stereocenters. The van der Waals surface area contributed by atoms with E-state index in [0.29, 0.717) is 28.6 Å². The molecule has 31 heavy (non-hydrogen) atoms. The number of fused-ring (bicyclic) bond motifs is 1. The van der Waals surface area contributed by atoms with E-state index in [1.165, 1.54) is 0 Å². The fourth-order valence-corrected chi connectivity index (χ4v) is 3.91. The quantitative estimate of drug-likeness (QED) is 0.528. The lowest BCUT2D eigenvalue weighted by molar-refractivity contribution is 0.0662. The van der Waals surface area contributed by atoms with Crippen molar-refractivity contribution in [2.45, 2.75) is 18.9 Å². The van der Waals surface area contributed by atoms with Crippen molar-refractivity contribution < 1.29 is 19.3 Å². The van der Waals surface area contributed by atoms with Crippen molar-refractivity contribution in [3.05, 3.63) is 43.0 Å². The summed E-state index contributed by atoms with van der Waals surface area (Å²) in [6, 6.07) is 5.84. The molecule has 4 aromatic heterocycles. The van der Waals surface area contributed by atoms with Gasteiger partial charge in [-0.25, -0.2) is 9.97 Å². The van der Waals surface area contributed by atoms with Gasteiger partial charge in [-0.1, -0.05) is 0 Å². The van der Waals surface area contributed by atoms with E-state index < -0.39 is 0 Å². The number of hydrogen-bond acceptors (Lipinski definition) is 7. The summed E-state index contributed by atoms with van der Waals surface area (Å²) in [6.45, 7) is 1.49. The normalized spacial score (nSPS) is 14.8. The van der Waals surface area contributed by atoms with Crippen LogP contribution in [0.2, 0.25) is 0 Å². The van der Waals surface area contributed by atoms with Gasteiger partial charge >= 0.3 is 0 Å². The second-order valence-corrected chi connectivity index (χ2v) is 7.41. The van der Waals surface area contributed by atoms with Crippen molar-refractivity contribution in [3.8, 4) is 34.5 Å². The summed E-state index contributed by atoms with van der Waals surface area (Å²) >= 11 is 0. The van der Waals surface area contributed by atoms with Crippen LogP contribution in [0, 0.1) is 0 Å². The average molecular weight is 421 g/mol. The van der Waals surface area contributed by atoms with Crippen molar-refractivity contribution >= 4 is 10.9 Å². The van der Waals surface area contributed by atoms with Gasteiger partial charge in [-0.3, -0.25) is 9.25 Å². The zero-order valence-corrected chi connectivity index (χ0v) is 17.4. The van der Waals surface area contributed by atoms with Crippen LogP contribution in [0.5, 0.6) is 17.5 Å². The van der Waals surface area contributed by atoms with Crippen LogP contribution in [0.4, 0.5) is 0 Å². The first-order chi connectivity index (χ1) is 15.2. The molecule has 0 aromatic carbocycles. The molecule has 5 rings (SSSR count). The van der Waals surface area contributed by atoms with Crippen LogP contribution in [0.25, 0.3) is 27.8 Å². The Kier molecular flexibility index (Phi) is 4.95. The van der Waals surface area contributed by atoms with Gasteiger partial charge in [0.05, 0.1) is 48.7 Å². The number of ether oxygens (including phenoxy) is 3. The number of nitrogens with zero attached hydrogens (tertiary/aromatic N) is 5. The van der Waals surface area contributed by atoms with Crippen molar-refractivity contribution in [1.29, 1.82) is 0 Å². The fourth-order valence-electron chi connectivity index (χ4n) is 3.91. The number of rotatable bonds is 5. The molecule has 0 aliphatic carbocycles. The molecular weight excluding hydrogens is 398 g/mol. The molecule has 1 aliphatic rings. The first-order valence-corrected chi connectivity index (χ1v) is 10.1. The highest BCUT2D eigenvalue weighted by Gasteiger charge is 2.19. The Morgan fingerprint density at radius 1 is 1.10 bits per heavy atom. The molecule has 1 N–H and O–H groups in total. The molecule has 0 unspecified atom stereocenters. The van der Waals surface area contributed by atoms with Crippen LogP contribution in [0.3, 0.4) is 0 Å². The van der Waals surface area contributed by atoms with Gasteiger partial charge in [-0.15, -0.1) is 0 Å². The Hall–Kier alpha value is -3.59. The molecule has 9 nitrogen and oxygen atoms in total. The van der Waals surface area contributed by atoms with E-state index in [0.717, 1.165) is 43.0 Å². The van der Waals surface area contributed by atoms with Crippen molar-refractivity contribution in [2.75, 3.05) is 27.4 Å². The summed E-state index contributed by atoms with van der Waals surface area (Å²) in [5.74, 6) is 1.08. The molecule has 0 amide bonds. The first-order valence-electron chi connectivity index (χ1n) is 10.1. The molecule has 0 bridgehead atoms. The second kappa shape index (κ2) is 7.92. The molecule has 5 heterocycles. The highest BCUT2D eigenvalue weighted by Crippen LogP contribution is 2.33. The van der Waals surface area contributed by atoms with E-state index in [-0.39, 0.29) is 5.88 Å². The maximum Gasteiger partial charge on any atom is 0.256 e. The summed E-state index contributed by atoms with van der Waals surface area (Å²) in [4.78, 5) is 9.00. The molecular formula is C22H23N5O4. The molecule has 1 fully saturated rings. The third-order valence-corrected chi connectivity index (χ3v) is 5.60. The summed E-state index contributed by atoms with van der Waals surface area (Å²) in [5, 5.41) is 16.0. The standard InChI is InChI=1S/C22H23N5O4/c1-29-20-9-14(10-23-21(20)30-2)18-4-3-17-19(25-18)13-26(22(17)28)16-11-24-27(12-16)15-5-7-31-8-6-15/h3-4,9-13,15,28H,5-8H2,1-2H3. The Labute approximate surface area is 178 Å². The lowest BCUT2D eigenvalue weighted by Gasteiger charge is -2.22. The van der Waals surface area contributed by atoms with Gasteiger partial charge in [0.25, 0.3) is 5.88 Å². The zero-order valence-electron chi connectivity index (χ0n) is 17.4. The maximum atomic E-state index is 10.8. The van der Waals surface area contributed by atoms with Crippen molar-refractivity contribution in [1.82, 2.24) is 24.3 Å². The van der Waals surface area contributed by atoms with Crippen LogP contribution >= 0.6 is 0 Å². The molecule has 160 valence electrons. The van der Waals surface area contributed by atoms with E-state index >= 15 is 0 Å². The summed E-state index contributed by atoms with van der Waals surface area (Å²) < 4.78 is 19.6. The van der Waals surface area contributed by atoms with Crippen LogP contribution in [0.1, 0.15) is 18.9 Å². The molecule has 0 saturated carbocycles. The average Bonchev–Trinajstić information content (AvgIpc) is 3.44. The molecule has 9 heteroatoms. The number of methoxy groups -OCH3 is 2. The minimum absolute atomic E-state index is 0.131. The van der Waals surface area contributed by atoms with E-state index in [4.69, 9.17) is 19.2 Å². The Morgan fingerprint density at radius 3 is 2.71 bits per heavy atom. The van der Waals surface area contributed by atoms with E-state index in [1.54, 1.807) is 31.2 Å². The fraction of sp³-hybridized carbons (Fsp3) is 0.318. The Bertz CT molecular complexity index is 1230. The van der Waals surface area contributed by atoms with Crippen LogP contribution < -0.4 is 9.47 Å². The monoisotopic (exact) mass is 421 g/mol. The lowest BCUT2D eigenvalue weighted by atomic mass is 10.1. The predicted octanol–water partition coefficient (Wildman–Crippen LogP) is 3.36. The van der Waals surface area contributed by atoms with E-state index in [9.17, 15) is 5.11 Å². The maximum absolute atomic E-state index is 10.8. The third kappa shape index (κ3) is 3.46. The molecule has 4 aromatic rings. The lowest BCUT2D eigenvalue weighted by Crippen LogP contribution is -2.19. The number of pyridine rings is 2. The van der Waals surface area contributed by atoms with Gasteiger partial charge in [0, 0.05) is 37.4 Å². The zero-order chi connectivity index (χ0) is 21.4. The Morgan fingerprint density at radius 2 is 1.94 bits per heavy atom. The van der Waals surface area contributed by atoms with Gasteiger partial charge in [0.1, 0.15) is 0 Å². The smallest absolute Gasteiger partial charge is 0.256 e. The first kappa shape index (κ1) is 19.4. The van der Waals surface area contributed by atoms with Crippen LogP contribution in [-0.2, 0) is 4.74 Å². The van der Waals surface area contributed by atoms with E-state index in [2.05, 4.69) is 10.1 Å². The summed E-state index contributed by atoms with van der Waals surface area (Å²) in [7, 11) is 3.11. The van der Waals surface area contributed by atoms with Crippen molar-refractivity contribution in [3.63, 3.8) is 0 Å². The van der Waals surface area contributed by atoms with Gasteiger partial charge in [-0.2, -0.15) is 5.10 Å². The third-order valence-electron chi connectivity index (χ3n) is 5.60. The highest BCUT2D eigenvalue weighted by molar-refractivity contribution is 5.87. The summed E-state index contributed by atoms with van der Waals surface area (Å²) in [6.07, 6.45) is 9.08.